The van der Waals surface area contributed by atoms with Crippen molar-refractivity contribution >= 4 is 11.6 Å². The zero-order valence-electron chi connectivity index (χ0n) is 7.60. The van der Waals surface area contributed by atoms with Crippen molar-refractivity contribution in [3.05, 3.63) is 28.8 Å². The highest BCUT2D eigenvalue weighted by molar-refractivity contribution is 6.17. The summed E-state index contributed by atoms with van der Waals surface area (Å²) in [5.41, 5.74) is 2.40. The normalized spacial score (nSPS) is 9.38. The number of nitrogens with zero attached hydrogens (tertiary/aromatic N) is 1. The molecule has 2 nitrogen and oxygen atoms in total. The van der Waals surface area contributed by atoms with E-state index in [-0.39, 0.29) is 0 Å². The summed E-state index contributed by atoms with van der Waals surface area (Å²) in [7, 11) is 1.55. The minimum atomic E-state index is 0.334. The molecule has 68 valence electrons. The van der Waals surface area contributed by atoms with Gasteiger partial charge in [0.2, 0.25) is 0 Å². The van der Waals surface area contributed by atoms with Crippen LogP contribution in [0.2, 0.25) is 0 Å². The Hall–Kier alpha value is -1.20. The molecule has 0 unspecified atom stereocenters. The van der Waals surface area contributed by atoms with Crippen molar-refractivity contribution in [1.29, 1.82) is 5.26 Å². The fourth-order valence-electron chi connectivity index (χ4n) is 1.22. The lowest BCUT2D eigenvalue weighted by Gasteiger charge is -2.07. The Morgan fingerprint density at radius 2 is 2.23 bits per heavy atom. The van der Waals surface area contributed by atoms with Crippen molar-refractivity contribution in [3.63, 3.8) is 0 Å². The summed E-state index contributed by atoms with van der Waals surface area (Å²) in [6.07, 6.45) is 0. The van der Waals surface area contributed by atoms with Gasteiger partial charge in [0.05, 0.1) is 12.7 Å². The molecule has 0 N–H and O–H groups in total. The molecule has 1 aromatic rings. The molecule has 0 aromatic heterocycles. The second-order valence-corrected chi connectivity index (χ2v) is 3.01. The highest BCUT2D eigenvalue weighted by Crippen LogP contribution is 2.24. The monoisotopic (exact) mass is 195 g/mol. The van der Waals surface area contributed by atoms with Gasteiger partial charge in [0.1, 0.15) is 11.8 Å². The van der Waals surface area contributed by atoms with Crippen molar-refractivity contribution in [3.8, 4) is 11.8 Å². The SMILES string of the molecule is COc1cc(C)cc(CCl)c1C#N. The van der Waals surface area contributed by atoms with Gasteiger partial charge in [-0.3, -0.25) is 0 Å². The highest BCUT2D eigenvalue weighted by atomic mass is 35.5. The smallest absolute Gasteiger partial charge is 0.137 e. The Balaban J connectivity index is 3.36. The van der Waals surface area contributed by atoms with E-state index in [0.717, 1.165) is 11.1 Å². The maximum Gasteiger partial charge on any atom is 0.137 e. The molecule has 1 rings (SSSR count). The zero-order valence-corrected chi connectivity index (χ0v) is 8.35. The van der Waals surface area contributed by atoms with Gasteiger partial charge in [-0.25, -0.2) is 0 Å². The Labute approximate surface area is 82.7 Å². The lowest BCUT2D eigenvalue weighted by molar-refractivity contribution is 0.412. The van der Waals surface area contributed by atoms with E-state index in [9.17, 15) is 0 Å². The summed E-state index contributed by atoms with van der Waals surface area (Å²) >= 11 is 5.71. The molecule has 0 fully saturated rings. The van der Waals surface area contributed by atoms with E-state index in [1.54, 1.807) is 7.11 Å². The fraction of sp³-hybridized carbons (Fsp3) is 0.300. The molecule has 0 aliphatic rings. The molecule has 0 aliphatic carbocycles. The third kappa shape index (κ3) is 1.93. The van der Waals surface area contributed by atoms with Gasteiger partial charge in [0, 0.05) is 5.88 Å². The number of methoxy groups -OCH3 is 1. The number of hydrogen-bond donors (Lipinski definition) is 0. The molecule has 0 spiro atoms. The van der Waals surface area contributed by atoms with Crippen molar-refractivity contribution < 1.29 is 4.74 Å². The van der Waals surface area contributed by atoms with Crippen LogP contribution in [-0.4, -0.2) is 7.11 Å². The number of halogens is 1. The first kappa shape index (κ1) is 9.88. The molecule has 0 amide bonds. The van der Waals surface area contributed by atoms with E-state index in [0.29, 0.717) is 17.2 Å². The molecule has 0 bridgehead atoms. The maximum atomic E-state index is 8.86. The topological polar surface area (TPSA) is 33.0 Å². The van der Waals surface area contributed by atoms with Gasteiger partial charge in [-0.05, 0) is 24.1 Å². The summed E-state index contributed by atoms with van der Waals surface area (Å²) in [5, 5.41) is 8.86. The third-order valence-electron chi connectivity index (χ3n) is 1.80. The van der Waals surface area contributed by atoms with Crippen LogP contribution in [0.15, 0.2) is 12.1 Å². The number of hydrogen-bond acceptors (Lipinski definition) is 2. The molecule has 0 radical (unpaired) electrons. The second-order valence-electron chi connectivity index (χ2n) is 2.75. The molecule has 0 atom stereocenters. The molecule has 0 saturated heterocycles. The number of benzene rings is 1. The minimum absolute atomic E-state index is 0.334. The van der Waals surface area contributed by atoms with E-state index >= 15 is 0 Å². The Morgan fingerprint density at radius 3 is 2.69 bits per heavy atom. The van der Waals surface area contributed by atoms with Gasteiger partial charge in [0.25, 0.3) is 0 Å². The van der Waals surface area contributed by atoms with Crippen LogP contribution in [0.25, 0.3) is 0 Å². The van der Waals surface area contributed by atoms with Crippen LogP contribution in [0, 0.1) is 18.3 Å². The van der Waals surface area contributed by atoms with Gasteiger partial charge in [0.15, 0.2) is 0 Å². The minimum Gasteiger partial charge on any atom is -0.495 e. The molecule has 0 aliphatic heterocycles. The summed E-state index contributed by atoms with van der Waals surface area (Å²) in [6.45, 7) is 1.94. The van der Waals surface area contributed by atoms with Crippen LogP contribution in [0.1, 0.15) is 16.7 Å². The maximum absolute atomic E-state index is 8.86. The first-order chi connectivity index (χ1) is 6.22. The fourth-order valence-corrected chi connectivity index (χ4v) is 1.43. The van der Waals surface area contributed by atoms with Crippen molar-refractivity contribution in [2.24, 2.45) is 0 Å². The predicted molar refractivity (Wildman–Crippen MR) is 52.0 cm³/mol. The first-order valence-corrected chi connectivity index (χ1v) is 4.40. The van der Waals surface area contributed by atoms with Gasteiger partial charge >= 0.3 is 0 Å². The van der Waals surface area contributed by atoms with Crippen LogP contribution in [0.3, 0.4) is 0 Å². The van der Waals surface area contributed by atoms with E-state index in [4.69, 9.17) is 21.6 Å². The number of aryl methyl sites for hydroxylation is 1. The third-order valence-corrected chi connectivity index (χ3v) is 2.09. The summed E-state index contributed by atoms with van der Waals surface area (Å²) in [4.78, 5) is 0. The zero-order chi connectivity index (χ0) is 9.84. The largest absolute Gasteiger partial charge is 0.495 e. The Morgan fingerprint density at radius 1 is 1.54 bits per heavy atom. The van der Waals surface area contributed by atoms with Crippen LogP contribution in [0.4, 0.5) is 0 Å². The van der Waals surface area contributed by atoms with Gasteiger partial charge < -0.3 is 4.74 Å². The average molecular weight is 196 g/mol. The van der Waals surface area contributed by atoms with E-state index < -0.39 is 0 Å². The molecule has 0 saturated carbocycles. The van der Waals surface area contributed by atoms with E-state index in [2.05, 4.69) is 6.07 Å². The second kappa shape index (κ2) is 4.15. The Bertz CT molecular complexity index is 329. The molecular weight excluding hydrogens is 186 g/mol. The number of ether oxygens (including phenoxy) is 1. The predicted octanol–water partition coefficient (Wildman–Crippen LogP) is 2.61. The summed E-state index contributed by atoms with van der Waals surface area (Å²) < 4.78 is 5.08. The standard InChI is InChI=1S/C10H10ClNO/c1-7-3-8(5-11)9(6-12)10(4-7)13-2/h3-4H,5H2,1-2H3. The summed E-state index contributed by atoms with van der Waals surface area (Å²) in [6, 6.07) is 5.81. The van der Waals surface area contributed by atoms with Crippen LogP contribution in [0.5, 0.6) is 5.75 Å². The van der Waals surface area contributed by atoms with E-state index in [1.165, 1.54) is 0 Å². The number of rotatable bonds is 2. The quantitative estimate of drug-likeness (QED) is 0.680. The molecule has 1 aromatic carbocycles. The van der Waals surface area contributed by atoms with Crippen LogP contribution >= 0.6 is 11.6 Å². The summed E-state index contributed by atoms with van der Waals surface area (Å²) in [5.74, 6) is 0.930. The first-order valence-electron chi connectivity index (χ1n) is 3.86. The molecular formula is C10H10ClNO. The molecule has 13 heavy (non-hydrogen) atoms. The van der Waals surface area contributed by atoms with Gasteiger partial charge in [-0.2, -0.15) is 5.26 Å². The van der Waals surface area contributed by atoms with Crippen molar-refractivity contribution in [1.82, 2.24) is 0 Å². The van der Waals surface area contributed by atoms with Crippen LogP contribution < -0.4 is 4.74 Å². The Kier molecular flexibility index (Phi) is 3.16. The lowest BCUT2D eigenvalue weighted by Crippen LogP contribution is -1.94. The van der Waals surface area contributed by atoms with Gasteiger partial charge in [-0.1, -0.05) is 6.07 Å². The highest BCUT2D eigenvalue weighted by Gasteiger charge is 2.08. The van der Waals surface area contributed by atoms with Crippen molar-refractivity contribution in [2.45, 2.75) is 12.8 Å². The lowest BCUT2D eigenvalue weighted by atomic mass is 10.1. The number of nitriles is 1. The van der Waals surface area contributed by atoms with Crippen LogP contribution in [-0.2, 0) is 5.88 Å². The van der Waals surface area contributed by atoms with Crippen molar-refractivity contribution in [2.75, 3.05) is 7.11 Å². The number of alkyl halides is 1. The van der Waals surface area contributed by atoms with E-state index in [1.807, 2.05) is 19.1 Å². The molecule has 3 heteroatoms. The van der Waals surface area contributed by atoms with Gasteiger partial charge in [-0.15, -0.1) is 11.6 Å². The average Bonchev–Trinajstić information content (AvgIpc) is 2.16. The molecule has 0 heterocycles.